The Hall–Kier alpha value is -0.0800. The second-order valence-corrected chi connectivity index (χ2v) is 5.88. The molecule has 2 heteroatoms. The topological polar surface area (TPSA) is 15.3 Å². The lowest BCUT2D eigenvalue weighted by molar-refractivity contribution is 0.209. The van der Waals surface area contributed by atoms with Crippen LogP contribution in [0.3, 0.4) is 0 Å². The van der Waals surface area contributed by atoms with E-state index in [1.807, 2.05) is 0 Å². The van der Waals surface area contributed by atoms with Crippen LogP contribution in [-0.4, -0.2) is 37.1 Å². The minimum atomic E-state index is 0.723. The van der Waals surface area contributed by atoms with Gasteiger partial charge < -0.3 is 10.2 Å². The highest BCUT2D eigenvalue weighted by molar-refractivity contribution is 4.95. The van der Waals surface area contributed by atoms with Crippen molar-refractivity contribution < 1.29 is 0 Å². The normalized spacial score (nSPS) is 30.0. The summed E-state index contributed by atoms with van der Waals surface area (Å²) in [6, 6.07) is 0.750. The first-order chi connectivity index (χ1) is 7.78. The third kappa shape index (κ3) is 3.21. The molecule has 0 aromatic heterocycles. The average Bonchev–Trinajstić information content (AvgIpc) is 3.06. The molecule has 0 bridgehead atoms. The summed E-state index contributed by atoms with van der Waals surface area (Å²) in [4.78, 5) is 2.73. The van der Waals surface area contributed by atoms with Crippen molar-refractivity contribution in [1.82, 2.24) is 10.2 Å². The zero-order chi connectivity index (χ0) is 11.4. The van der Waals surface area contributed by atoms with Gasteiger partial charge in [0.2, 0.25) is 0 Å². The van der Waals surface area contributed by atoms with Gasteiger partial charge in [-0.25, -0.2) is 0 Å². The van der Waals surface area contributed by atoms with Crippen LogP contribution in [-0.2, 0) is 0 Å². The second kappa shape index (κ2) is 5.50. The van der Waals surface area contributed by atoms with Crippen molar-refractivity contribution in [3.05, 3.63) is 0 Å². The molecule has 2 aliphatic rings. The Morgan fingerprint density at radius 1 is 1.31 bits per heavy atom. The first-order valence-corrected chi connectivity index (χ1v) is 7.24. The van der Waals surface area contributed by atoms with E-state index in [1.54, 1.807) is 0 Å². The van der Waals surface area contributed by atoms with Crippen LogP contribution in [0.25, 0.3) is 0 Å². The maximum absolute atomic E-state index is 3.70. The van der Waals surface area contributed by atoms with Gasteiger partial charge in [-0.3, -0.25) is 0 Å². The molecule has 0 aromatic carbocycles. The minimum absolute atomic E-state index is 0.723. The summed E-state index contributed by atoms with van der Waals surface area (Å²) in [7, 11) is 0. The predicted octanol–water partition coefficient (Wildman–Crippen LogP) is 2.64. The molecule has 1 N–H and O–H groups in total. The first kappa shape index (κ1) is 12.4. The number of hydrogen-bond acceptors (Lipinski definition) is 2. The molecule has 16 heavy (non-hydrogen) atoms. The highest BCUT2D eigenvalue weighted by atomic mass is 15.2. The van der Waals surface area contributed by atoms with E-state index >= 15 is 0 Å². The molecule has 0 aromatic rings. The van der Waals surface area contributed by atoms with Gasteiger partial charge in [0.1, 0.15) is 0 Å². The average molecular weight is 224 g/mol. The van der Waals surface area contributed by atoms with Crippen molar-refractivity contribution >= 4 is 0 Å². The molecule has 2 nitrogen and oxygen atoms in total. The van der Waals surface area contributed by atoms with Crippen molar-refractivity contribution in [3.8, 4) is 0 Å². The molecule has 2 rings (SSSR count). The molecule has 0 spiro atoms. The Kier molecular flexibility index (Phi) is 4.26. The van der Waals surface area contributed by atoms with Crippen molar-refractivity contribution in [2.75, 3.05) is 26.2 Å². The largest absolute Gasteiger partial charge is 0.313 e. The van der Waals surface area contributed by atoms with Gasteiger partial charge >= 0.3 is 0 Å². The summed E-state index contributed by atoms with van der Waals surface area (Å²) in [6.07, 6.45) is 8.33. The Morgan fingerprint density at radius 3 is 2.75 bits per heavy atom. The summed E-state index contributed by atoms with van der Waals surface area (Å²) in [5.41, 5.74) is 0.723. The van der Waals surface area contributed by atoms with E-state index in [-0.39, 0.29) is 0 Å². The molecule has 2 fully saturated rings. The molecule has 1 saturated carbocycles. The molecular weight excluding hydrogens is 196 g/mol. The smallest absolute Gasteiger partial charge is 0.0194 e. The van der Waals surface area contributed by atoms with Crippen LogP contribution in [0.15, 0.2) is 0 Å². The van der Waals surface area contributed by atoms with Crippen LogP contribution in [0.5, 0.6) is 0 Å². The fourth-order valence-corrected chi connectivity index (χ4v) is 3.04. The molecule has 1 saturated heterocycles. The van der Waals surface area contributed by atoms with E-state index in [1.165, 1.54) is 64.7 Å². The van der Waals surface area contributed by atoms with E-state index in [0.717, 1.165) is 11.5 Å². The predicted molar refractivity (Wildman–Crippen MR) is 69.7 cm³/mol. The Morgan fingerprint density at radius 2 is 2.12 bits per heavy atom. The summed E-state index contributed by atoms with van der Waals surface area (Å²) >= 11 is 0. The van der Waals surface area contributed by atoms with Gasteiger partial charge in [0.05, 0.1) is 0 Å². The third-order valence-electron chi connectivity index (χ3n) is 4.47. The first-order valence-electron chi connectivity index (χ1n) is 7.24. The molecule has 1 unspecified atom stereocenters. The van der Waals surface area contributed by atoms with Gasteiger partial charge in [-0.05, 0) is 50.6 Å². The lowest BCUT2D eigenvalue weighted by Crippen LogP contribution is -2.39. The van der Waals surface area contributed by atoms with Gasteiger partial charge in [0.15, 0.2) is 0 Å². The van der Waals surface area contributed by atoms with Crippen LogP contribution in [0.1, 0.15) is 52.4 Å². The zero-order valence-electron chi connectivity index (χ0n) is 11.1. The highest BCUT2D eigenvalue weighted by Gasteiger charge is 2.42. The number of hydrogen-bond donors (Lipinski definition) is 1. The molecule has 1 aliphatic carbocycles. The van der Waals surface area contributed by atoms with Gasteiger partial charge in [-0.1, -0.05) is 20.3 Å². The molecule has 0 radical (unpaired) electrons. The summed E-state index contributed by atoms with van der Waals surface area (Å²) < 4.78 is 0. The Labute approximate surface area is 101 Å². The monoisotopic (exact) mass is 224 g/mol. The van der Waals surface area contributed by atoms with E-state index in [0.29, 0.717) is 0 Å². The second-order valence-electron chi connectivity index (χ2n) is 5.88. The lowest BCUT2D eigenvalue weighted by atomic mass is 10.0. The van der Waals surface area contributed by atoms with E-state index in [9.17, 15) is 0 Å². The Bertz CT molecular complexity index is 211. The van der Waals surface area contributed by atoms with Crippen LogP contribution < -0.4 is 5.32 Å². The van der Waals surface area contributed by atoms with E-state index in [4.69, 9.17) is 0 Å². The number of nitrogens with one attached hydrogen (secondary N) is 1. The number of nitrogens with zero attached hydrogens (tertiary/aromatic N) is 1. The summed E-state index contributed by atoms with van der Waals surface area (Å²) in [5.74, 6) is 0. The fourth-order valence-electron chi connectivity index (χ4n) is 3.04. The molecule has 1 aliphatic heterocycles. The molecule has 94 valence electrons. The van der Waals surface area contributed by atoms with Gasteiger partial charge in [-0.15, -0.1) is 0 Å². The van der Waals surface area contributed by atoms with Crippen molar-refractivity contribution in [1.29, 1.82) is 0 Å². The molecule has 1 atom stereocenters. The van der Waals surface area contributed by atoms with E-state index in [2.05, 4.69) is 24.1 Å². The van der Waals surface area contributed by atoms with E-state index < -0.39 is 0 Å². The minimum Gasteiger partial charge on any atom is -0.313 e. The van der Waals surface area contributed by atoms with Gasteiger partial charge in [0, 0.05) is 19.1 Å². The maximum atomic E-state index is 3.70. The standard InChI is InChI=1S/C14H28N2/c1-3-6-13-11-16(10-5-9-15-13)12-14(4-2)7-8-14/h13,15H,3-12H2,1-2H3. The SMILES string of the molecule is CCCC1CN(CC2(CC)CC2)CCCN1. The van der Waals surface area contributed by atoms with Crippen LogP contribution >= 0.6 is 0 Å². The summed E-state index contributed by atoms with van der Waals surface area (Å²) in [6.45, 7) is 9.86. The van der Waals surface area contributed by atoms with Gasteiger partial charge in [0.25, 0.3) is 0 Å². The fraction of sp³-hybridized carbons (Fsp3) is 1.00. The van der Waals surface area contributed by atoms with Crippen LogP contribution in [0.2, 0.25) is 0 Å². The lowest BCUT2D eigenvalue weighted by Gasteiger charge is -2.28. The quantitative estimate of drug-likeness (QED) is 0.772. The molecular formula is C14H28N2. The van der Waals surface area contributed by atoms with Crippen molar-refractivity contribution in [2.45, 2.75) is 58.4 Å². The van der Waals surface area contributed by atoms with Crippen LogP contribution in [0, 0.1) is 5.41 Å². The maximum Gasteiger partial charge on any atom is 0.0194 e. The van der Waals surface area contributed by atoms with Crippen LogP contribution in [0.4, 0.5) is 0 Å². The molecule has 0 amide bonds. The Balaban J connectivity index is 1.83. The van der Waals surface area contributed by atoms with Gasteiger partial charge in [-0.2, -0.15) is 0 Å². The summed E-state index contributed by atoms with van der Waals surface area (Å²) in [5, 5.41) is 3.70. The molecule has 1 heterocycles. The highest BCUT2D eigenvalue weighted by Crippen LogP contribution is 2.49. The number of rotatable bonds is 5. The zero-order valence-corrected chi connectivity index (χ0v) is 11.1. The third-order valence-corrected chi connectivity index (χ3v) is 4.47. The van der Waals surface area contributed by atoms with Crippen molar-refractivity contribution in [2.24, 2.45) is 5.41 Å². The van der Waals surface area contributed by atoms with Crippen molar-refractivity contribution in [3.63, 3.8) is 0 Å².